The van der Waals surface area contributed by atoms with Crippen molar-refractivity contribution in [2.24, 2.45) is 5.73 Å². The number of primary amides is 1. The summed E-state index contributed by atoms with van der Waals surface area (Å²) in [6, 6.07) is 0. The monoisotopic (exact) mass is 253 g/mol. The molecule has 2 nitrogen and oxygen atoms in total. The first-order valence-electron chi connectivity index (χ1n) is 7.65. The van der Waals surface area contributed by atoms with Gasteiger partial charge in [-0.15, -0.1) is 0 Å². The molecule has 0 radical (unpaired) electrons. The average Bonchev–Trinajstić information content (AvgIpc) is 2.35. The molecule has 18 heavy (non-hydrogen) atoms. The minimum atomic E-state index is -0.290. The third kappa shape index (κ3) is 11.7. The zero-order valence-corrected chi connectivity index (χ0v) is 12.3. The van der Waals surface area contributed by atoms with Crippen LogP contribution in [0, 0.1) is 0 Å². The summed E-state index contributed by atoms with van der Waals surface area (Å²) in [6.07, 6.45) is 16.4. The predicted octanol–water partition coefficient (Wildman–Crippen LogP) is 4.73. The van der Waals surface area contributed by atoms with E-state index >= 15 is 0 Å². The molecule has 0 aromatic carbocycles. The van der Waals surface area contributed by atoms with Gasteiger partial charge in [0.25, 0.3) is 0 Å². The molecule has 0 saturated heterocycles. The van der Waals surface area contributed by atoms with Crippen LogP contribution in [0.15, 0.2) is 11.6 Å². The molecule has 0 fully saturated rings. The first-order valence-corrected chi connectivity index (χ1v) is 7.65. The Labute approximate surface area is 113 Å². The second-order valence-electron chi connectivity index (χ2n) is 5.22. The van der Waals surface area contributed by atoms with Crippen molar-refractivity contribution in [2.45, 2.75) is 84.5 Å². The Bertz CT molecular complexity index is 233. The van der Waals surface area contributed by atoms with Crippen molar-refractivity contribution in [3.8, 4) is 0 Å². The van der Waals surface area contributed by atoms with Crippen LogP contribution in [0.4, 0.5) is 0 Å². The minimum Gasteiger partial charge on any atom is -0.366 e. The lowest BCUT2D eigenvalue weighted by atomic mass is 10.1. The van der Waals surface area contributed by atoms with E-state index in [0.29, 0.717) is 5.57 Å². The fourth-order valence-electron chi connectivity index (χ4n) is 2.05. The van der Waals surface area contributed by atoms with Gasteiger partial charge in [0.05, 0.1) is 0 Å². The van der Waals surface area contributed by atoms with Crippen LogP contribution in [-0.4, -0.2) is 5.91 Å². The van der Waals surface area contributed by atoms with Crippen molar-refractivity contribution < 1.29 is 4.79 Å². The van der Waals surface area contributed by atoms with E-state index in [-0.39, 0.29) is 5.91 Å². The Balaban J connectivity index is 3.17. The van der Waals surface area contributed by atoms with Crippen LogP contribution in [0.25, 0.3) is 0 Å². The maximum Gasteiger partial charge on any atom is 0.244 e. The van der Waals surface area contributed by atoms with E-state index in [4.69, 9.17) is 5.73 Å². The second-order valence-corrected chi connectivity index (χ2v) is 5.22. The summed E-state index contributed by atoms with van der Waals surface area (Å²) in [6.45, 7) is 4.05. The lowest BCUT2D eigenvalue weighted by Gasteiger charge is -2.01. The lowest BCUT2D eigenvalue weighted by molar-refractivity contribution is -0.114. The van der Waals surface area contributed by atoms with Crippen LogP contribution in [0.3, 0.4) is 0 Å². The minimum absolute atomic E-state index is 0.290. The van der Waals surface area contributed by atoms with E-state index in [1.165, 1.54) is 64.2 Å². The standard InChI is InChI=1S/C16H31NO/c1-3-4-5-6-7-8-9-10-11-12-13-14-15(2)16(17)18/h14H,3-13H2,1-2H3,(H2,17,18)/b15-14+. The summed E-state index contributed by atoms with van der Waals surface area (Å²) in [5, 5.41) is 0. The highest BCUT2D eigenvalue weighted by Crippen LogP contribution is 2.11. The topological polar surface area (TPSA) is 43.1 Å². The molecular weight excluding hydrogens is 222 g/mol. The van der Waals surface area contributed by atoms with E-state index in [1.807, 2.05) is 6.08 Å². The average molecular weight is 253 g/mol. The molecule has 0 rings (SSSR count). The number of hydrogen-bond donors (Lipinski definition) is 1. The molecule has 0 aromatic rings. The molecular formula is C16H31NO. The summed E-state index contributed by atoms with van der Waals surface area (Å²) < 4.78 is 0. The normalized spacial score (nSPS) is 11.8. The van der Waals surface area contributed by atoms with Crippen molar-refractivity contribution in [3.63, 3.8) is 0 Å². The first-order chi connectivity index (χ1) is 8.68. The third-order valence-corrected chi connectivity index (χ3v) is 3.40. The molecule has 0 aliphatic heterocycles. The Morgan fingerprint density at radius 3 is 1.78 bits per heavy atom. The van der Waals surface area contributed by atoms with E-state index in [1.54, 1.807) is 6.92 Å². The van der Waals surface area contributed by atoms with E-state index in [2.05, 4.69) is 6.92 Å². The Hall–Kier alpha value is -0.790. The van der Waals surface area contributed by atoms with Gasteiger partial charge in [-0.3, -0.25) is 4.79 Å². The number of rotatable bonds is 12. The number of carbonyl (C=O) groups excluding carboxylic acids is 1. The van der Waals surface area contributed by atoms with Gasteiger partial charge < -0.3 is 5.73 Å². The molecule has 1 amide bonds. The molecule has 0 aromatic heterocycles. The van der Waals surface area contributed by atoms with Gasteiger partial charge in [0, 0.05) is 5.57 Å². The number of nitrogens with two attached hydrogens (primary N) is 1. The van der Waals surface area contributed by atoms with Crippen molar-refractivity contribution >= 4 is 5.91 Å². The highest BCUT2D eigenvalue weighted by atomic mass is 16.1. The van der Waals surface area contributed by atoms with Crippen molar-refractivity contribution in [1.29, 1.82) is 0 Å². The molecule has 0 aliphatic carbocycles. The molecule has 0 saturated carbocycles. The number of hydrogen-bond acceptors (Lipinski definition) is 1. The highest BCUT2D eigenvalue weighted by Gasteiger charge is 1.96. The molecule has 106 valence electrons. The molecule has 0 bridgehead atoms. The summed E-state index contributed by atoms with van der Waals surface area (Å²) >= 11 is 0. The quantitative estimate of drug-likeness (QED) is 0.396. The maximum atomic E-state index is 10.8. The smallest absolute Gasteiger partial charge is 0.244 e. The number of amides is 1. The third-order valence-electron chi connectivity index (χ3n) is 3.40. The fraction of sp³-hybridized carbons (Fsp3) is 0.812. The summed E-state index contributed by atoms with van der Waals surface area (Å²) in [5.74, 6) is -0.290. The highest BCUT2D eigenvalue weighted by molar-refractivity contribution is 5.91. The number of carbonyl (C=O) groups is 1. The first kappa shape index (κ1) is 17.2. The van der Waals surface area contributed by atoms with Crippen molar-refractivity contribution in [1.82, 2.24) is 0 Å². The summed E-state index contributed by atoms with van der Waals surface area (Å²) in [5.41, 5.74) is 5.86. The molecule has 2 N–H and O–H groups in total. The van der Waals surface area contributed by atoms with Crippen LogP contribution in [0.5, 0.6) is 0 Å². The largest absolute Gasteiger partial charge is 0.366 e. The van der Waals surface area contributed by atoms with Gasteiger partial charge in [0.2, 0.25) is 5.91 Å². The van der Waals surface area contributed by atoms with Crippen molar-refractivity contribution in [3.05, 3.63) is 11.6 Å². The maximum absolute atomic E-state index is 10.8. The van der Waals surface area contributed by atoms with E-state index in [9.17, 15) is 4.79 Å². The summed E-state index contributed by atoms with van der Waals surface area (Å²) in [7, 11) is 0. The van der Waals surface area contributed by atoms with Crippen LogP contribution in [-0.2, 0) is 4.79 Å². The van der Waals surface area contributed by atoms with Crippen LogP contribution >= 0.6 is 0 Å². The molecule has 0 atom stereocenters. The molecule has 0 unspecified atom stereocenters. The Morgan fingerprint density at radius 1 is 0.889 bits per heavy atom. The van der Waals surface area contributed by atoms with Crippen molar-refractivity contribution in [2.75, 3.05) is 0 Å². The van der Waals surface area contributed by atoms with E-state index in [0.717, 1.165) is 6.42 Å². The van der Waals surface area contributed by atoms with Gasteiger partial charge in [0.1, 0.15) is 0 Å². The van der Waals surface area contributed by atoms with Crippen LogP contribution in [0.2, 0.25) is 0 Å². The van der Waals surface area contributed by atoms with E-state index < -0.39 is 0 Å². The van der Waals surface area contributed by atoms with Crippen LogP contribution < -0.4 is 5.73 Å². The molecule has 0 aliphatic rings. The van der Waals surface area contributed by atoms with Gasteiger partial charge in [-0.1, -0.05) is 70.8 Å². The summed E-state index contributed by atoms with van der Waals surface area (Å²) in [4.78, 5) is 10.8. The second kappa shape index (κ2) is 12.7. The van der Waals surface area contributed by atoms with Gasteiger partial charge >= 0.3 is 0 Å². The zero-order valence-electron chi connectivity index (χ0n) is 12.3. The van der Waals surface area contributed by atoms with Gasteiger partial charge in [0.15, 0.2) is 0 Å². The van der Waals surface area contributed by atoms with Gasteiger partial charge in [-0.2, -0.15) is 0 Å². The Kier molecular flexibility index (Phi) is 12.1. The zero-order chi connectivity index (χ0) is 13.6. The van der Waals surface area contributed by atoms with Gasteiger partial charge in [-0.05, 0) is 19.8 Å². The van der Waals surface area contributed by atoms with Crippen LogP contribution in [0.1, 0.15) is 84.5 Å². The number of unbranched alkanes of at least 4 members (excludes halogenated alkanes) is 10. The molecule has 0 heterocycles. The van der Waals surface area contributed by atoms with Gasteiger partial charge in [-0.25, -0.2) is 0 Å². The molecule has 0 spiro atoms. The SMILES string of the molecule is CCCCCCCCCCCC/C=C(\C)C(N)=O. The Morgan fingerprint density at radius 2 is 1.33 bits per heavy atom. The predicted molar refractivity (Wildman–Crippen MR) is 79.4 cm³/mol. The lowest BCUT2D eigenvalue weighted by Crippen LogP contribution is -2.11. The number of allylic oxidation sites excluding steroid dienone is 1. The fourth-order valence-corrected chi connectivity index (χ4v) is 2.05. The molecule has 2 heteroatoms.